The van der Waals surface area contributed by atoms with Crippen LogP contribution in [0.1, 0.15) is 4.88 Å². The Morgan fingerprint density at radius 3 is 3.15 bits per heavy atom. The van der Waals surface area contributed by atoms with Gasteiger partial charge in [-0.3, -0.25) is 0 Å². The third-order valence-corrected chi connectivity index (χ3v) is 4.30. The number of aromatic nitrogens is 4. The number of halogens is 1. The molecule has 0 aliphatic heterocycles. The summed E-state index contributed by atoms with van der Waals surface area (Å²) in [6.07, 6.45) is 1.59. The zero-order valence-corrected chi connectivity index (χ0v) is 12.9. The van der Waals surface area contributed by atoms with E-state index < -0.39 is 0 Å². The number of tetrazole rings is 1. The van der Waals surface area contributed by atoms with Crippen LogP contribution in [-0.2, 0) is 13.1 Å². The van der Waals surface area contributed by atoms with E-state index in [0.717, 1.165) is 17.6 Å². The molecule has 0 saturated heterocycles. The molecule has 3 aromatic heterocycles. The molecule has 0 aliphatic rings. The van der Waals surface area contributed by atoms with Crippen molar-refractivity contribution in [2.75, 3.05) is 6.54 Å². The lowest BCUT2D eigenvalue weighted by Crippen LogP contribution is -2.20. The summed E-state index contributed by atoms with van der Waals surface area (Å²) in [6.45, 7) is 2.29. The molecule has 104 valence electrons. The van der Waals surface area contributed by atoms with Gasteiger partial charge in [-0.2, -0.15) is 4.80 Å². The molecule has 0 amide bonds. The van der Waals surface area contributed by atoms with Gasteiger partial charge in [0.05, 0.1) is 12.8 Å². The van der Waals surface area contributed by atoms with Crippen molar-refractivity contribution in [1.82, 2.24) is 25.5 Å². The van der Waals surface area contributed by atoms with E-state index in [1.54, 1.807) is 28.5 Å². The van der Waals surface area contributed by atoms with Gasteiger partial charge in [-0.25, -0.2) is 0 Å². The summed E-state index contributed by atoms with van der Waals surface area (Å²) in [5.74, 6) is 1.14. The van der Waals surface area contributed by atoms with E-state index in [1.807, 2.05) is 6.07 Å². The average Bonchev–Trinajstić information content (AvgIpc) is 3.16. The molecule has 0 aromatic carbocycles. The molecule has 1 N–H and O–H groups in total. The molecule has 0 radical (unpaired) electrons. The fourth-order valence-electron chi connectivity index (χ4n) is 1.68. The number of nitrogens with zero attached hydrogens (tertiary/aromatic N) is 4. The van der Waals surface area contributed by atoms with Crippen LogP contribution < -0.4 is 5.32 Å². The molecule has 0 unspecified atom stereocenters. The summed E-state index contributed by atoms with van der Waals surface area (Å²) in [7, 11) is 0. The zero-order valence-electron chi connectivity index (χ0n) is 10.5. The van der Waals surface area contributed by atoms with Gasteiger partial charge in [-0.05, 0) is 39.3 Å². The standard InChI is InChI=1S/C12H12BrN5OS/c13-9-6-10(20-8-9)7-14-3-4-18-16-12(15-17-18)11-2-1-5-19-11/h1-2,5-6,8,14H,3-4,7H2. The molecule has 0 atom stereocenters. The van der Waals surface area contributed by atoms with Crippen molar-refractivity contribution in [2.24, 2.45) is 0 Å². The number of thiophene rings is 1. The summed E-state index contributed by atoms with van der Waals surface area (Å²) >= 11 is 5.17. The fraction of sp³-hybridized carbons (Fsp3) is 0.250. The Morgan fingerprint density at radius 1 is 1.45 bits per heavy atom. The summed E-state index contributed by atoms with van der Waals surface area (Å²) in [6, 6.07) is 5.73. The molecule has 3 aromatic rings. The lowest BCUT2D eigenvalue weighted by Gasteiger charge is -2.01. The second kappa shape index (κ2) is 6.29. The monoisotopic (exact) mass is 353 g/mol. The molecular formula is C12H12BrN5OS. The van der Waals surface area contributed by atoms with Crippen molar-refractivity contribution in [2.45, 2.75) is 13.1 Å². The normalized spacial score (nSPS) is 11.1. The van der Waals surface area contributed by atoms with Crippen molar-refractivity contribution in [3.63, 3.8) is 0 Å². The maximum Gasteiger partial charge on any atom is 0.240 e. The van der Waals surface area contributed by atoms with Gasteiger partial charge in [0.25, 0.3) is 0 Å². The van der Waals surface area contributed by atoms with Crippen molar-refractivity contribution in [3.05, 3.63) is 39.2 Å². The third-order valence-electron chi connectivity index (χ3n) is 2.60. The largest absolute Gasteiger partial charge is 0.461 e. The number of furan rings is 1. The third kappa shape index (κ3) is 3.33. The van der Waals surface area contributed by atoms with Crippen LogP contribution in [0.4, 0.5) is 0 Å². The summed E-state index contributed by atoms with van der Waals surface area (Å²) < 4.78 is 6.35. The van der Waals surface area contributed by atoms with E-state index in [-0.39, 0.29) is 0 Å². The molecule has 6 nitrogen and oxygen atoms in total. The van der Waals surface area contributed by atoms with Crippen LogP contribution in [0.15, 0.2) is 38.7 Å². The molecule has 0 aliphatic carbocycles. The minimum atomic E-state index is 0.511. The first kappa shape index (κ1) is 13.5. The van der Waals surface area contributed by atoms with Crippen LogP contribution in [0.3, 0.4) is 0 Å². The Bertz CT molecular complexity index is 663. The van der Waals surface area contributed by atoms with Gasteiger partial charge in [0.2, 0.25) is 5.82 Å². The SMILES string of the molecule is Brc1csc(CNCCn2nnc(-c3ccco3)n2)c1. The lowest BCUT2D eigenvalue weighted by molar-refractivity contribution is 0.491. The van der Waals surface area contributed by atoms with Crippen LogP contribution in [0, 0.1) is 0 Å². The molecule has 0 saturated carbocycles. The second-order valence-electron chi connectivity index (χ2n) is 4.09. The van der Waals surface area contributed by atoms with E-state index in [1.165, 1.54) is 4.88 Å². The minimum Gasteiger partial charge on any atom is -0.461 e. The topological polar surface area (TPSA) is 68.8 Å². The molecule has 3 rings (SSSR count). The van der Waals surface area contributed by atoms with Crippen molar-refractivity contribution in [1.29, 1.82) is 0 Å². The fourth-order valence-corrected chi connectivity index (χ4v) is 3.10. The van der Waals surface area contributed by atoms with Gasteiger partial charge < -0.3 is 9.73 Å². The Morgan fingerprint density at radius 2 is 2.40 bits per heavy atom. The van der Waals surface area contributed by atoms with Crippen LogP contribution in [0.25, 0.3) is 11.6 Å². The molecular weight excluding hydrogens is 342 g/mol. The number of hydrogen-bond acceptors (Lipinski definition) is 6. The second-order valence-corrected chi connectivity index (χ2v) is 6.01. The Labute approximate surface area is 127 Å². The Balaban J connectivity index is 1.47. The van der Waals surface area contributed by atoms with Gasteiger partial charge in [0, 0.05) is 27.8 Å². The summed E-state index contributed by atoms with van der Waals surface area (Å²) in [4.78, 5) is 2.86. The first-order valence-electron chi connectivity index (χ1n) is 6.06. The number of hydrogen-bond donors (Lipinski definition) is 1. The predicted octanol–water partition coefficient (Wildman–Crippen LogP) is 2.55. The highest BCUT2D eigenvalue weighted by molar-refractivity contribution is 9.10. The first-order valence-corrected chi connectivity index (χ1v) is 7.74. The maximum atomic E-state index is 5.22. The van der Waals surface area contributed by atoms with Crippen molar-refractivity contribution in [3.8, 4) is 11.6 Å². The predicted molar refractivity (Wildman–Crippen MR) is 79.2 cm³/mol. The van der Waals surface area contributed by atoms with Gasteiger partial charge in [0.15, 0.2) is 5.76 Å². The van der Waals surface area contributed by atoms with Crippen molar-refractivity contribution >= 4 is 27.3 Å². The zero-order chi connectivity index (χ0) is 13.8. The van der Waals surface area contributed by atoms with E-state index in [4.69, 9.17) is 4.42 Å². The van der Waals surface area contributed by atoms with Gasteiger partial charge in [0.1, 0.15) is 0 Å². The van der Waals surface area contributed by atoms with E-state index >= 15 is 0 Å². The quantitative estimate of drug-likeness (QED) is 0.689. The number of nitrogens with one attached hydrogen (secondary N) is 1. The minimum absolute atomic E-state index is 0.511. The van der Waals surface area contributed by atoms with Crippen LogP contribution >= 0.6 is 27.3 Å². The summed E-state index contributed by atoms with van der Waals surface area (Å²) in [5.41, 5.74) is 0. The van der Waals surface area contributed by atoms with Gasteiger partial charge in [-0.15, -0.1) is 21.5 Å². The highest BCUT2D eigenvalue weighted by Gasteiger charge is 2.07. The molecule has 0 spiro atoms. The highest BCUT2D eigenvalue weighted by atomic mass is 79.9. The smallest absolute Gasteiger partial charge is 0.240 e. The molecule has 0 bridgehead atoms. The maximum absolute atomic E-state index is 5.22. The van der Waals surface area contributed by atoms with E-state index in [9.17, 15) is 0 Å². The average molecular weight is 354 g/mol. The molecule has 0 fully saturated rings. The van der Waals surface area contributed by atoms with Gasteiger partial charge in [-0.1, -0.05) is 0 Å². The van der Waals surface area contributed by atoms with E-state index in [2.05, 4.69) is 48.1 Å². The highest BCUT2D eigenvalue weighted by Crippen LogP contribution is 2.19. The van der Waals surface area contributed by atoms with Gasteiger partial charge >= 0.3 is 0 Å². The molecule has 20 heavy (non-hydrogen) atoms. The van der Waals surface area contributed by atoms with Crippen LogP contribution in [0.2, 0.25) is 0 Å². The molecule has 8 heteroatoms. The van der Waals surface area contributed by atoms with Crippen LogP contribution in [-0.4, -0.2) is 26.8 Å². The lowest BCUT2D eigenvalue weighted by atomic mass is 10.4. The van der Waals surface area contributed by atoms with E-state index in [0.29, 0.717) is 18.1 Å². The van der Waals surface area contributed by atoms with Crippen molar-refractivity contribution < 1.29 is 4.42 Å². The Hall–Kier alpha value is -1.51. The first-order chi connectivity index (χ1) is 9.81. The number of rotatable bonds is 6. The Kier molecular flexibility index (Phi) is 4.24. The molecule has 3 heterocycles. The summed E-state index contributed by atoms with van der Waals surface area (Å²) in [5, 5.41) is 17.6. The van der Waals surface area contributed by atoms with Crippen LogP contribution in [0.5, 0.6) is 0 Å².